The van der Waals surface area contributed by atoms with Crippen LogP contribution >= 0.6 is 11.3 Å². The fraction of sp³-hybridized carbons (Fsp3) is 0.583. The van der Waals surface area contributed by atoms with Gasteiger partial charge in [-0.25, -0.2) is 9.78 Å². The lowest BCUT2D eigenvalue weighted by molar-refractivity contribution is -0.142. The van der Waals surface area contributed by atoms with Gasteiger partial charge < -0.3 is 14.8 Å². The van der Waals surface area contributed by atoms with Gasteiger partial charge in [-0.1, -0.05) is 16.5 Å². The summed E-state index contributed by atoms with van der Waals surface area (Å²) in [7, 11) is 0. The predicted octanol–water partition coefficient (Wildman–Crippen LogP) is 1.88. The Hall–Kier alpha value is -1.63. The summed E-state index contributed by atoms with van der Waals surface area (Å²) in [5.41, 5.74) is 0.897. The number of carboxylic acids is 1. The number of hydrogen-bond acceptors (Lipinski definition) is 6. The minimum Gasteiger partial charge on any atom is -0.479 e. The Labute approximate surface area is 115 Å². The van der Waals surface area contributed by atoms with E-state index in [1.165, 1.54) is 25.5 Å². The van der Waals surface area contributed by atoms with Gasteiger partial charge in [0.15, 0.2) is 5.13 Å². The van der Waals surface area contributed by atoms with Crippen LogP contribution in [-0.2, 0) is 9.63 Å². The van der Waals surface area contributed by atoms with Gasteiger partial charge in [-0.3, -0.25) is 0 Å². The normalized spacial score (nSPS) is 15.9. The molecule has 1 aromatic rings. The van der Waals surface area contributed by atoms with Crippen LogP contribution in [0.2, 0.25) is 0 Å². The first-order valence-corrected chi connectivity index (χ1v) is 7.08. The lowest BCUT2D eigenvalue weighted by Crippen LogP contribution is -2.29. The summed E-state index contributed by atoms with van der Waals surface area (Å²) in [6, 6.07) is 0. The summed E-state index contributed by atoms with van der Waals surface area (Å²) in [5, 5.41) is 13.1. The summed E-state index contributed by atoms with van der Waals surface area (Å²) in [4.78, 5) is 22.6. The van der Waals surface area contributed by atoms with Crippen molar-refractivity contribution in [2.45, 2.75) is 26.2 Å². The molecule has 1 saturated heterocycles. The molecule has 7 heteroatoms. The van der Waals surface area contributed by atoms with E-state index in [4.69, 9.17) is 5.11 Å². The summed E-state index contributed by atoms with van der Waals surface area (Å²) in [5.74, 6) is -1.04. The summed E-state index contributed by atoms with van der Waals surface area (Å²) < 4.78 is 0. The number of rotatable bonds is 5. The number of oxime groups is 1. The Morgan fingerprint density at radius 1 is 1.53 bits per heavy atom. The van der Waals surface area contributed by atoms with Crippen LogP contribution in [0, 0.1) is 6.92 Å². The van der Waals surface area contributed by atoms with Crippen molar-refractivity contribution in [2.75, 3.05) is 24.6 Å². The Morgan fingerprint density at radius 2 is 2.26 bits per heavy atom. The van der Waals surface area contributed by atoms with Gasteiger partial charge in [0.1, 0.15) is 0 Å². The Kier molecular flexibility index (Phi) is 4.73. The first kappa shape index (κ1) is 13.8. The maximum atomic E-state index is 10.3. The number of thiazole rings is 1. The number of carbonyl (C=O) groups is 1. The highest BCUT2D eigenvalue weighted by atomic mass is 32.1. The molecule has 19 heavy (non-hydrogen) atoms. The number of aromatic nitrogens is 1. The standard InChI is InChI=1S/C12H17N3O3S/c1-9-10(7-13-18-8-11(16)17)19-12(14-9)15-5-3-2-4-6-15/h7H,2-6,8H2,1H3,(H,16,17). The fourth-order valence-corrected chi connectivity index (χ4v) is 2.89. The molecular formula is C12H17N3O3S. The van der Waals surface area contributed by atoms with E-state index < -0.39 is 12.6 Å². The van der Waals surface area contributed by atoms with Gasteiger partial charge in [-0.15, -0.1) is 0 Å². The molecule has 0 atom stereocenters. The Bertz CT molecular complexity index is 467. The van der Waals surface area contributed by atoms with Gasteiger partial charge in [0.05, 0.1) is 16.8 Å². The molecule has 0 unspecified atom stereocenters. The molecule has 1 N–H and O–H groups in total. The summed E-state index contributed by atoms with van der Waals surface area (Å²) in [6.07, 6.45) is 5.25. The smallest absolute Gasteiger partial charge is 0.344 e. The fourth-order valence-electron chi connectivity index (χ4n) is 1.91. The van der Waals surface area contributed by atoms with Crippen LogP contribution in [0.4, 0.5) is 5.13 Å². The van der Waals surface area contributed by atoms with Crippen LogP contribution < -0.4 is 4.90 Å². The molecule has 0 amide bonds. The molecule has 0 radical (unpaired) electrons. The highest BCUT2D eigenvalue weighted by Gasteiger charge is 2.15. The number of nitrogens with zero attached hydrogens (tertiary/aromatic N) is 3. The summed E-state index contributed by atoms with van der Waals surface area (Å²) in [6.45, 7) is 3.61. The first-order valence-electron chi connectivity index (χ1n) is 6.26. The monoisotopic (exact) mass is 283 g/mol. The van der Waals surface area contributed by atoms with Crippen LogP contribution in [0.15, 0.2) is 5.16 Å². The van der Waals surface area contributed by atoms with E-state index in [9.17, 15) is 4.79 Å². The zero-order chi connectivity index (χ0) is 13.7. The maximum Gasteiger partial charge on any atom is 0.344 e. The third-order valence-corrected chi connectivity index (χ3v) is 4.03. The third-order valence-electron chi connectivity index (χ3n) is 2.88. The van der Waals surface area contributed by atoms with E-state index >= 15 is 0 Å². The molecule has 0 aliphatic carbocycles. The van der Waals surface area contributed by atoms with E-state index in [2.05, 4.69) is 19.9 Å². The van der Waals surface area contributed by atoms with Crippen molar-refractivity contribution in [3.8, 4) is 0 Å². The van der Waals surface area contributed by atoms with Crippen molar-refractivity contribution in [1.82, 2.24) is 4.98 Å². The minimum atomic E-state index is -1.04. The van der Waals surface area contributed by atoms with Crippen LogP contribution in [0.1, 0.15) is 29.8 Å². The van der Waals surface area contributed by atoms with Gasteiger partial charge in [-0.05, 0) is 26.2 Å². The summed E-state index contributed by atoms with van der Waals surface area (Å²) >= 11 is 1.56. The van der Waals surface area contributed by atoms with Crippen LogP contribution in [-0.4, -0.2) is 42.0 Å². The van der Waals surface area contributed by atoms with E-state index in [1.54, 1.807) is 11.3 Å². The molecule has 104 valence electrons. The average molecular weight is 283 g/mol. The molecular weight excluding hydrogens is 266 g/mol. The van der Waals surface area contributed by atoms with Crippen LogP contribution in [0.3, 0.4) is 0 Å². The second kappa shape index (κ2) is 6.51. The van der Waals surface area contributed by atoms with Gasteiger partial charge in [0, 0.05) is 13.1 Å². The third kappa shape index (κ3) is 3.92. The van der Waals surface area contributed by atoms with Crippen molar-refractivity contribution in [2.24, 2.45) is 5.16 Å². The highest BCUT2D eigenvalue weighted by Crippen LogP contribution is 2.27. The molecule has 6 nitrogen and oxygen atoms in total. The Morgan fingerprint density at radius 3 is 2.95 bits per heavy atom. The number of aryl methyl sites for hydroxylation is 1. The number of piperidine rings is 1. The molecule has 0 spiro atoms. The molecule has 0 saturated carbocycles. The lowest BCUT2D eigenvalue weighted by atomic mass is 10.1. The molecule has 1 aliphatic heterocycles. The van der Waals surface area contributed by atoms with Gasteiger partial charge in [0.25, 0.3) is 0 Å². The maximum absolute atomic E-state index is 10.3. The average Bonchev–Trinajstić information content (AvgIpc) is 2.77. The van der Waals surface area contributed by atoms with Crippen molar-refractivity contribution >= 4 is 28.7 Å². The largest absolute Gasteiger partial charge is 0.479 e. The van der Waals surface area contributed by atoms with Crippen molar-refractivity contribution in [1.29, 1.82) is 0 Å². The Balaban J connectivity index is 1.97. The quantitative estimate of drug-likeness (QED) is 0.659. The van der Waals surface area contributed by atoms with E-state index in [1.807, 2.05) is 6.92 Å². The van der Waals surface area contributed by atoms with E-state index in [-0.39, 0.29) is 0 Å². The second-order valence-corrected chi connectivity index (χ2v) is 5.40. The molecule has 2 rings (SSSR count). The second-order valence-electron chi connectivity index (χ2n) is 4.40. The van der Waals surface area contributed by atoms with Crippen molar-refractivity contribution < 1.29 is 14.7 Å². The molecule has 2 heterocycles. The van der Waals surface area contributed by atoms with Gasteiger partial charge >= 0.3 is 5.97 Å². The van der Waals surface area contributed by atoms with Gasteiger partial charge in [-0.2, -0.15) is 0 Å². The molecule has 1 fully saturated rings. The highest BCUT2D eigenvalue weighted by molar-refractivity contribution is 7.17. The van der Waals surface area contributed by atoms with Crippen molar-refractivity contribution in [3.63, 3.8) is 0 Å². The lowest BCUT2D eigenvalue weighted by Gasteiger charge is -2.25. The molecule has 1 aliphatic rings. The predicted molar refractivity (Wildman–Crippen MR) is 74.1 cm³/mol. The zero-order valence-electron chi connectivity index (χ0n) is 10.8. The SMILES string of the molecule is Cc1nc(N2CCCCC2)sc1C=NOCC(=O)O. The first-order chi connectivity index (χ1) is 9.16. The number of aliphatic carboxylic acids is 1. The zero-order valence-corrected chi connectivity index (χ0v) is 11.7. The number of anilines is 1. The van der Waals surface area contributed by atoms with Gasteiger partial charge in [0.2, 0.25) is 6.61 Å². The van der Waals surface area contributed by atoms with E-state index in [0.29, 0.717) is 0 Å². The molecule has 1 aromatic heterocycles. The van der Waals surface area contributed by atoms with E-state index in [0.717, 1.165) is 28.8 Å². The number of hydrogen-bond donors (Lipinski definition) is 1. The molecule has 0 aromatic carbocycles. The molecule has 0 bridgehead atoms. The number of carboxylic acid groups (broad SMARTS) is 1. The van der Waals surface area contributed by atoms with Crippen LogP contribution in [0.5, 0.6) is 0 Å². The minimum absolute atomic E-state index is 0.423. The topological polar surface area (TPSA) is 75.0 Å². The van der Waals surface area contributed by atoms with Crippen molar-refractivity contribution in [3.05, 3.63) is 10.6 Å². The van der Waals surface area contributed by atoms with Crippen LogP contribution in [0.25, 0.3) is 0 Å².